The topological polar surface area (TPSA) is 119 Å². The second-order valence-corrected chi connectivity index (χ2v) is 7.79. The summed E-state index contributed by atoms with van der Waals surface area (Å²) in [6, 6.07) is 14.2. The quantitative estimate of drug-likeness (QED) is 0.159. The number of nitrogens with zero attached hydrogens (tertiary/aromatic N) is 2. The van der Waals surface area contributed by atoms with E-state index in [1.165, 1.54) is 25.3 Å². The Balaban J connectivity index is 1.87. The number of Topliss-reactive ketones (excluding diaryl/α,β-unsaturated/α-hetero) is 1. The normalized spacial score (nSPS) is 17.1. The van der Waals surface area contributed by atoms with Gasteiger partial charge in [0.1, 0.15) is 17.3 Å². The average Bonchev–Trinajstić information content (AvgIpc) is 3.13. The van der Waals surface area contributed by atoms with E-state index in [2.05, 4.69) is 4.74 Å². The summed E-state index contributed by atoms with van der Waals surface area (Å²) in [5, 5.41) is 22.3. The predicted molar refractivity (Wildman–Crippen MR) is 124 cm³/mol. The Morgan fingerprint density at radius 2 is 1.62 bits per heavy atom. The number of benzene rings is 3. The number of carbonyl (C=O) groups is 2. The number of non-ortho nitro benzene ring substituents is 1. The van der Waals surface area contributed by atoms with Crippen molar-refractivity contribution in [2.24, 2.45) is 0 Å². The number of alkyl halides is 3. The van der Waals surface area contributed by atoms with Crippen LogP contribution in [0.4, 0.5) is 24.5 Å². The number of nitro groups is 1. The molecule has 3 aromatic carbocycles. The van der Waals surface area contributed by atoms with Gasteiger partial charge in [-0.1, -0.05) is 24.3 Å². The molecule has 9 nitrogen and oxygen atoms in total. The molecule has 0 aliphatic carbocycles. The van der Waals surface area contributed by atoms with Crippen molar-refractivity contribution >= 4 is 28.8 Å². The number of ether oxygens (including phenoxy) is 2. The maximum absolute atomic E-state index is 13.1. The van der Waals surface area contributed by atoms with Crippen LogP contribution in [0.5, 0.6) is 11.5 Å². The van der Waals surface area contributed by atoms with Crippen LogP contribution in [0.1, 0.15) is 17.2 Å². The summed E-state index contributed by atoms with van der Waals surface area (Å²) in [6.07, 6.45) is -4.92. The van der Waals surface area contributed by atoms with Gasteiger partial charge in [-0.05, 0) is 42.0 Å². The first kappa shape index (κ1) is 25.2. The van der Waals surface area contributed by atoms with Gasteiger partial charge >= 0.3 is 6.36 Å². The molecule has 3 aromatic rings. The molecule has 190 valence electrons. The van der Waals surface area contributed by atoms with E-state index in [9.17, 15) is 38.0 Å². The lowest BCUT2D eigenvalue weighted by molar-refractivity contribution is -0.384. The van der Waals surface area contributed by atoms with Crippen molar-refractivity contribution in [3.8, 4) is 11.5 Å². The number of nitro benzene ring substituents is 1. The lowest BCUT2D eigenvalue weighted by atomic mass is 9.95. The molecule has 0 radical (unpaired) electrons. The summed E-state index contributed by atoms with van der Waals surface area (Å²) < 4.78 is 46.7. The van der Waals surface area contributed by atoms with E-state index in [0.29, 0.717) is 11.3 Å². The van der Waals surface area contributed by atoms with Crippen LogP contribution in [-0.2, 0) is 9.59 Å². The average molecular weight is 514 g/mol. The van der Waals surface area contributed by atoms with E-state index in [4.69, 9.17) is 4.74 Å². The Morgan fingerprint density at radius 3 is 2.19 bits per heavy atom. The predicted octanol–water partition coefficient (Wildman–Crippen LogP) is 5.13. The molecular weight excluding hydrogens is 497 g/mol. The Labute approximate surface area is 207 Å². The number of amides is 1. The van der Waals surface area contributed by atoms with Crippen LogP contribution < -0.4 is 14.4 Å². The fraction of sp³-hybridized carbons (Fsp3) is 0.120. The Kier molecular flexibility index (Phi) is 6.58. The minimum atomic E-state index is -4.92. The van der Waals surface area contributed by atoms with Gasteiger partial charge in [0, 0.05) is 23.4 Å². The summed E-state index contributed by atoms with van der Waals surface area (Å²) in [4.78, 5) is 37.8. The molecular formula is C25H17F3N2O7. The Bertz CT molecular complexity index is 1400. The molecule has 0 saturated carbocycles. The van der Waals surface area contributed by atoms with E-state index in [-0.39, 0.29) is 22.5 Å². The summed E-state index contributed by atoms with van der Waals surface area (Å²) in [5.74, 6) is -2.86. The number of aliphatic hydroxyl groups excluding tert-OH is 1. The number of methoxy groups -OCH3 is 1. The van der Waals surface area contributed by atoms with Crippen LogP contribution >= 0.6 is 0 Å². The number of aliphatic hydroxyl groups is 1. The lowest BCUT2D eigenvalue weighted by Gasteiger charge is -2.25. The smallest absolute Gasteiger partial charge is 0.507 e. The van der Waals surface area contributed by atoms with Crippen LogP contribution in [0, 0.1) is 10.1 Å². The highest BCUT2D eigenvalue weighted by molar-refractivity contribution is 6.51. The summed E-state index contributed by atoms with van der Waals surface area (Å²) in [7, 11) is 1.44. The van der Waals surface area contributed by atoms with Crippen LogP contribution in [0.3, 0.4) is 0 Å². The van der Waals surface area contributed by atoms with Crippen LogP contribution in [0.15, 0.2) is 78.4 Å². The molecule has 1 amide bonds. The first-order valence-corrected chi connectivity index (χ1v) is 10.6. The van der Waals surface area contributed by atoms with Gasteiger partial charge in [0.15, 0.2) is 0 Å². The molecule has 1 aliphatic heterocycles. The second-order valence-electron chi connectivity index (χ2n) is 7.79. The van der Waals surface area contributed by atoms with Gasteiger partial charge in [-0.2, -0.15) is 0 Å². The van der Waals surface area contributed by atoms with Gasteiger partial charge in [0.25, 0.3) is 17.4 Å². The molecule has 0 aromatic heterocycles. The molecule has 37 heavy (non-hydrogen) atoms. The zero-order chi connectivity index (χ0) is 26.9. The van der Waals surface area contributed by atoms with E-state index in [1.54, 1.807) is 24.3 Å². The third-order valence-corrected chi connectivity index (χ3v) is 5.55. The number of carbonyl (C=O) groups excluding carboxylic acids is 2. The SMILES string of the molecule is COc1ccc(C2/C(=C(/O)c3cccc([N+](=O)[O-])c3)C(=O)C(=O)N2c2ccc(OC(F)(F)F)cc2)cc1. The van der Waals surface area contributed by atoms with E-state index >= 15 is 0 Å². The van der Waals surface area contributed by atoms with Crippen molar-refractivity contribution in [2.75, 3.05) is 12.0 Å². The van der Waals surface area contributed by atoms with E-state index in [0.717, 1.165) is 35.2 Å². The van der Waals surface area contributed by atoms with Gasteiger partial charge in [-0.25, -0.2) is 0 Å². The molecule has 1 fully saturated rings. The number of anilines is 1. The van der Waals surface area contributed by atoms with Gasteiger partial charge in [-0.15, -0.1) is 13.2 Å². The van der Waals surface area contributed by atoms with Crippen LogP contribution in [0.2, 0.25) is 0 Å². The molecule has 4 rings (SSSR count). The molecule has 1 saturated heterocycles. The molecule has 1 N–H and O–H groups in total. The summed E-state index contributed by atoms with van der Waals surface area (Å²) >= 11 is 0. The third-order valence-electron chi connectivity index (χ3n) is 5.55. The van der Waals surface area contributed by atoms with Gasteiger partial charge in [-0.3, -0.25) is 24.6 Å². The zero-order valence-corrected chi connectivity index (χ0v) is 18.9. The molecule has 12 heteroatoms. The standard InChI is InChI=1S/C25H17F3N2O7/c1-36-18-9-5-14(6-10-18)21-20(22(31)15-3-2-4-17(13-15)30(34)35)23(32)24(33)29(21)16-7-11-19(12-8-16)37-25(26,27)28/h2-13,21,31H,1H3/b22-20-. The number of rotatable bonds is 6. The number of ketones is 1. The molecule has 1 aliphatic rings. The van der Waals surface area contributed by atoms with Crippen molar-refractivity contribution in [3.05, 3.63) is 99.6 Å². The highest BCUT2D eigenvalue weighted by Gasteiger charge is 2.47. The van der Waals surface area contributed by atoms with Gasteiger partial charge < -0.3 is 14.6 Å². The first-order valence-electron chi connectivity index (χ1n) is 10.6. The van der Waals surface area contributed by atoms with Gasteiger partial charge in [0.05, 0.1) is 23.6 Å². The fourth-order valence-corrected chi connectivity index (χ4v) is 3.93. The van der Waals surface area contributed by atoms with Crippen LogP contribution in [0.25, 0.3) is 5.76 Å². The Hall–Kier alpha value is -4.87. The maximum atomic E-state index is 13.1. The van der Waals surface area contributed by atoms with Crippen molar-refractivity contribution in [1.82, 2.24) is 0 Å². The summed E-state index contributed by atoms with van der Waals surface area (Å²) in [6.45, 7) is 0. The third kappa shape index (κ3) is 5.08. The molecule has 1 heterocycles. The lowest BCUT2D eigenvalue weighted by Crippen LogP contribution is -2.29. The maximum Gasteiger partial charge on any atom is 0.573 e. The first-order chi connectivity index (χ1) is 17.5. The van der Waals surface area contributed by atoms with Crippen LogP contribution in [-0.4, -0.2) is 35.2 Å². The number of halogens is 3. The highest BCUT2D eigenvalue weighted by atomic mass is 19.4. The minimum Gasteiger partial charge on any atom is -0.507 e. The highest BCUT2D eigenvalue weighted by Crippen LogP contribution is 2.43. The second kappa shape index (κ2) is 9.64. The van der Waals surface area contributed by atoms with Crippen molar-refractivity contribution in [3.63, 3.8) is 0 Å². The zero-order valence-electron chi connectivity index (χ0n) is 18.9. The van der Waals surface area contributed by atoms with Crippen molar-refractivity contribution < 1.29 is 42.3 Å². The number of hydrogen-bond donors (Lipinski definition) is 1. The fourth-order valence-electron chi connectivity index (χ4n) is 3.93. The Morgan fingerprint density at radius 1 is 1.00 bits per heavy atom. The van der Waals surface area contributed by atoms with E-state index in [1.807, 2.05) is 0 Å². The molecule has 1 unspecified atom stereocenters. The number of hydrogen-bond acceptors (Lipinski definition) is 7. The minimum absolute atomic E-state index is 0.0514. The largest absolute Gasteiger partial charge is 0.573 e. The molecule has 0 spiro atoms. The van der Waals surface area contributed by atoms with Crippen molar-refractivity contribution in [2.45, 2.75) is 12.4 Å². The monoisotopic (exact) mass is 514 g/mol. The summed E-state index contributed by atoms with van der Waals surface area (Å²) in [5.41, 5.74) is -0.358. The van der Waals surface area contributed by atoms with E-state index < -0.39 is 40.5 Å². The molecule has 0 bridgehead atoms. The molecule has 1 atom stereocenters. The van der Waals surface area contributed by atoms with Crippen molar-refractivity contribution in [1.29, 1.82) is 0 Å². The van der Waals surface area contributed by atoms with Gasteiger partial charge in [0.2, 0.25) is 0 Å².